The van der Waals surface area contributed by atoms with Gasteiger partial charge in [0.05, 0.1) is 0 Å². The van der Waals surface area contributed by atoms with E-state index in [0.717, 1.165) is 22.6 Å². The number of hydrogen-bond acceptors (Lipinski definition) is 2. The summed E-state index contributed by atoms with van der Waals surface area (Å²) in [5.41, 5.74) is 1.23. The average Bonchev–Trinajstić information content (AvgIpc) is 2.30. The molecule has 4 heteroatoms. The number of likely N-dealkylation sites (tertiary alicyclic amines) is 1. The number of likely N-dealkylation sites (N-methyl/N-ethyl adjacent to an activating group) is 1. The minimum atomic E-state index is 0.597. The first-order valence-corrected chi connectivity index (χ1v) is 7.18. The lowest BCUT2D eigenvalue weighted by molar-refractivity contribution is 0.226. The Morgan fingerprint density at radius 1 is 1.53 bits per heavy atom. The van der Waals surface area contributed by atoms with Crippen LogP contribution in [0.2, 0.25) is 5.02 Å². The maximum Gasteiger partial charge on any atom is 0.0410 e. The third-order valence-corrected chi connectivity index (χ3v) is 4.22. The van der Waals surface area contributed by atoms with Gasteiger partial charge >= 0.3 is 0 Å². The van der Waals surface area contributed by atoms with Gasteiger partial charge in [-0.25, -0.2) is 0 Å². The summed E-state index contributed by atoms with van der Waals surface area (Å²) in [5.74, 6) is 0. The zero-order valence-electron chi connectivity index (χ0n) is 10.0. The number of halogens is 2. The molecule has 1 N–H and O–H groups in total. The van der Waals surface area contributed by atoms with E-state index < -0.39 is 0 Å². The molecule has 1 aliphatic rings. The normalized spacial score (nSPS) is 21.7. The van der Waals surface area contributed by atoms with Crippen LogP contribution in [-0.4, -0.2) is 31.1 Å². The van der Waals surface area contributed by atoms with Crippen molar-refractivity contribution in [2.24, 2.45) is 0 Å². The smallest absolute Gasteiger partial charge is 0.0410 e. The van der Waals surface area contributed by atoms with Gasteiger partial charge in [0, 0.05) is 28.6 Å². The molecule has 0 amide bonds. The molecule has 1 atom stereocenters. The quantitative estimate of drug-likeness (QED) is 0.920. The Labute approximate surface area is 116 Å². The number of piperidine rings is 1. The monoisotopic (exact) mass is 316 g/mol. The number of hydrogen-bond donors (Lipinski definition) is 1. The third kappa shape index (κ3) is 3.95. The fourth-order valence-corrected chi connectivity index (χ4v) is 2.85. The van der Waals surface area contributed by atoms with Gasteiger partial charge in [-0.1, -0.05) is 27.5 Å². The Hall–Kier alpha value is -0.0900. The molecule has 2 rings (SSSR count). The molecule has 0 aromatic heterocycles. The molecule has 0 spiro atoms. The molecule has 94 valence electrons. The van der Waals surface area contributed by atoms with Crippen LogP contribution >= 0.6 is 27.5 Å². The highest BCUT2D eigenvalue weighted by molar-refractivity contribution is 9.10. The van der Waals surface area contributed by atoms with E-state index in [9.17, 15) is 0 Å². The number of nitrogens with one attached hydrogen (secondary N) is 1. The minimum absolute atomic E-state index is 0.597. The molecule has 0 bridgehead atoms. The fourth-order valence-electron chi connectivity index (χ4n) is 2.27. The van der Waals surface area contributed by atoms with Crippen LogP contribution in [0.25, 0.3) is 0 Å². The topological polar surface area (TPSA) is 15.3 Å². The standard InChI is InChI=1S/C13H18BrClN2/c1-17-6-2-3-12(9-17)16-8-10-7-11(15)4-5-13(10)14/h4-5,7,12,16H,2-3,6,8-9H2,1H3. The predicted octanol–water partition coefficient (Wildman–Crippen LogP) is 3.29. The molecule has 0 aliphatic carbocycles. The molecule has 17 heavy (non-hydrogen) atoms. The van der Waals surface area contributed by atoms with E-state index in [1.807, 2.05) is 18.2 Å². The Morgan fingerprint density at radius 2 is 2.35 bits per heavy atom. The van der Waals surface area contributed by atoms with Crippen LogP contribution in [0, 0.1) is 0 Å². The summed E-state index contributed by atoms with van der Waals surface area (Å²) in [7, 11) is 2.18. The summed E-state index contributed by atoms with van der Waals surface area (Å²) in [5, 5.41) is 4.40. The van der Waals surface area contributed by atoms with Gasteiger partial charge in [-0.15, -0.1) is 0 Å². The lowest BCUT2D eigenvalue weighted by Crippen LogP contribution is -2.43. The molecule has 2 nitrogen and oxygen atoms in total. The van der Waals surface area contributed by atoms with E-state index in [1.54, 1.807) is 0 Å². The maximum atomic E-state index is 6.00. The molecule has 1 aliphatic heterocycles. The van der Waals surface area contributed by atoms with Crippen LogP contribution < -0.4 is 5.32 Å². The van der Waals surface area contributed by atoms with Gasteiger partial charge in [0.15, 0.2) is 0 Å². The number of nitrogens with zero attached hydrogens (tertiary/aromatic N) is 1. The Morgan fingerprint density at radius 3 is 3.12 bits per heavy atom. The minimum Gasteiger partial charge on any atom is -0.309 e. The zero-order chi connectivity index (χ0) is 12.3. The fraction of sp³-hybridized carbons (Fsp3) is 0.538. The van der Waals surface area contributed by atoms with Crippen LogP contribution in [0.4, 0.5) is 0 Å². The van der Waals surface area contributed by atoms with Crippen molar-refractivity contribution in [2.75, 3.05) is 20.1 Å². The predicted molar refractivity (Wildman–Crippen MR) is 76.5 cm³/mol. The number of benzene rings is 1. The second-order valence-electron chi connectivity index (χ2n) is 4.72. The molecular weight excluding hydrogens is 300 g/mol. The number of rotatable bonds is 3. The first-order valence-electron chi connectivity index (χ1n) is 6.01. The molecule has 1 aromatic carbocycles. The van der Waals surface area contributed by atoms with Gasteiger partial charge < -0.3 is 10.2 Å². The van der Waals surface area contributed by atoms with E-state index in [4.69, 9.17) is 11.6 Å². The van der Waals surface area contributed by atoms with Crippen molar-refractivity contribution in [2.45, 2.75) is 25.4 Å². The Kier molecular flexibility index (Phi) is 4.86. The molecule has 0 saturated carbocycles. The summed E-state index contributed by atoms with van der Waals surface area (Å²) in [4.78, 5) is 2.38. The van der Waals surface area contributed by atoms with Gasteiger partial charge in [-0.05, 0) is 50.2 Å². The second kappa shape index (κ2) is 6.19. The molecule has 1 aromatic rings. The molecule has 1 fully saturated rings. The second-order valence-corrected chi connectivity index (χ2v) is 6.01. The lowest BCUT2D eigenvalue weighted by atomic mass is 10.1. The highest BCUT2D eigenvalue weighted by atomic mass is 79.9. The van der Waals surface area contributed by atoms with Crippen molar-refractivity contribution in [1.82, 2.24) is 10.2 Å². The van der Waals surface area contributed by atoms with Crippen LogP contribution in [0.3, 0.4) is 0 Å². The van der Waals surface area contributed by atoms with Crippen molar-refractivity contribution >= 4 is 27.5 Å². The summed E-state index contributed by atoms with van der Waals surface area (Å²) >= 11 is 9.56. The summed E-state index contributed by atoms with van der Waals surface area (Å²) in [6, 6.07) is 6.53. The van der Waals surface area contributed by atoms with E-state index in [0.29, 0.717) is 6.04 Å². The molecule has 1 unspecified atom stereocenters. The van der Waals surface area contributed by atoms with E-state index >= 15 is 0 Å². The molecule has 0 radical (unpaired) electrons. The van der Waals surface area contributed by atoms with E-state index in [-0.39, 0.29) is 0 Å². The Bertz CT molecular complexity index is 384. The summed E-state index contributed by atoms with van der Waals surface area (Å²) in [6.07, 6.45) is 2.55. The van der Waals surface area contributed by atoms with Crippen molar-refractivity contribution in [3.63, 3.8) is 0 Å². The lowest BCUT2D eigenvalue weighted by Gasteiger charge is -2.30. The molecular formula is C13H18BrClN2. The average molecular weight is 318 g/mol. The highest BCUT2D eigenvalue weighted by Crippen LogP contribution is 2.21. The van der Waals surface area contributed by atoms with Crippen LogP contribution in [0.15, 0.2) is 22.7 Å². The van der Waals surface area contributed by atoms with Gasteiger partial charge in [0.2, 0.25) is 0 Å². The first-order chi connectivity index (χ1) is 8.15. The SMILES string of the molecule is CN1CCCC(NCc2cc(Cl)ccc2Br)C1. The third-order valence-electron chi connectivity index (χ3n) is 3.21. The largest absolute Gasteiger partial charge is 0.309 e. The summed E-state index contributed by atoms with van der Waals surface area (Å²) in [6.45, 7) is 3.23. The zero-order valence-corrected chi connectivity index (χ0v) is 12.4. The summed E-state index contributed by atoms with van der Waals surface area (Å²) < 4.78 is 1.12. The van der Waals surface area contributed by atoms with Gasteiger partial charge in [-0.2, -0.15) is 0 Å². The molecule has 1 saturated heterocycles. The maximum absolute atomic E-state index is 6.00. The van der Waals surface area contributed by atoms with Gasteiger partial charge in [-0.3, -0.25) is 0 Å². The molecule has 1 heterocycles. The Balaban J connectivity index is 1.90. The van der Waals surface area contributed by atoms with Crippen LogP contribution in [0.5, 0.6) is 0 Å². The van der Waals surface area contributed by atoms with Crippen molar-refractivity contribution in [3.8, 4) is 0 Å². The first kappa shape index (κ1) is 13.3. The van der Waals surface area contributed by atoms with Crippen LogP contribution in [-0.2, 0) is 6.54 Å². The van der Waals surface area contributed by atoms with Crippen LogP contribution in [0.1, 0.15) is 18.4 Å². The highest BCUT2D eigenvalue weighted by Gasteiger charge is 2.16. The van der Waals surface area contributed by atoms with E-state index in [1.165, 1.54) is 24.9 Å². The van der Waals surface area contributed by atoms with E-state index in [2.05, 4.69) is 33.2 Å². The van der Waals surface area contributed by atoms with Crippen molar-refractivity contribution in [3.05, 3.63) is 33.3 Å². The van der Waals surface area contributed by atoms with Crippen molar-refractivity contribution < 1.29 is 0 Å². The van der Waals surface area contributed by atoms with Gasteiger partial charge in [0.1, 0.15) is 0 Å². The van der Waals surface area contributed by atoms with Crippen molar-refractivity contribution in [1.29, 1.82) is 0 Å². The van der Waals surface area contributed by atoms with Gasteiger partial charge in [0.25, 0.3) is 0 Å².